The van der Waals surface area contributed by atoms with Gasteiger partial charge < -0.3 is 28.1 Å². The van der Waals surface area contributed by atoms with Crippen molar-refractivity contribution < 1.29 is 65.8 Å². The van der Waals surface area contributed by atoms with Gasteiger partial charge in [0.05, 0.1) is 0 Å². The summed E-state index contributed by atoms with van der Waals surface area (Å²) in [6.45, 7) is 0. The van der Waals surface area contributed by atoms with Gasteiger partial charge in [-0.05, 0) is 0 Å². The minimum Gasteiger partial charge on any atom is -0.672 e. The molecular formula is BaLi2O6Si2. The van der Waals surface area contributed by atoms with Crippen molar-refractivity contribution in [2.75, 3.05) is 0 Å². The molecule has 0 aliphatic carbocycles. The summed E-state index contributed by atoms with van der Waals surface area (Å²) >= 11 is 0. The van der Waals surface area contributed by atoms with Crippen LogP contribution in [0.4, 0.5) is 0 Å². The zero-order valence-corrected chi connectivity index (χ0v) is 12.6. The molecule has 0 spiro atoms. The number of hydrogen-bond acceptors (Lipinski definition) is 6. The van der Waals surface area contributed by atoms with Gasteiger partial charge in [0.2, 0.25) is 0 Å². The molecule has 0 unspecified atom stereocenters. The summed E-state index contributed by atoms with van der Waals surface area (Å²) in [6, 6.07) is 0. The first-order chi connectivity index (χ1) is 3.46. The zero-order chi connectivity index (χ0) is 7.15. The Bertz CT molecular complexity index is 76.6. The maximum atomic E-state index is 8.52. The van der Waals surface area contributed by atoms with E-state index in [0.717, 1.165) is 0 Å². The molecule has 0 aromatic rings. The molecule has 0 aromatic carbocycles. The molecule has 48 valence electrons. The number of rotatable bonds is 0. The molecule has 0 radical (unpaired) electrons. The van der Waals surface area contributed by atoms with Crippen LogP contribution in [-0.4, -0.2) is 67.2 Å². The molecule has 6 nitrogen and oxygen atoms in total. The van der Waals surface area contributed by atoms with Crippen LogP contribution in [0, 0.1) is 0 Å². The van der Waals surface area contributed by atoms with Crippen molar-refractivity contribution in [1.29, 1.82) is 0 Å². The van der Waals surface area contributed by atoms with Crippen molar-refractivity contribution in [2.45, 2.75) is 0 Å². The Balaban J connectivity index is -0.0000000171. The van der Waals surface area contributed by atoms with E-state index in [-0.39, 0.29) is 86.6 Å². The summed E-state index contributed by atoms with van der Waals surface area (Å²) < 4.78 is 17.0. The smallest absolute Gasteiger partial charge is 0.672 e. The summed E-state index contributed by atoms with van der Waals surface area (Å²) in [4.78, 5) is 34.1. The molecule has 0 rings (SSSR count). The van der Waals surface area contributed by atoms with Crippen molar-refractivity contribution in [2.24, 2.45) is 0 Å². The molecular weight excluding hydrogens is 303 g/mol. The zero-order valence-electron chi connectivity index (χ0n) is 6.16. The van der Waals surface area contributed by atoms with Crippen LogP contribution in [0.15, 0.2) is 0 Å². The Morgan fingerprint density at radius 2 is 0.727 bits per heavy atom. The van der Waals surface area contributed by atoms with Gasteiger partial charge in [0.15, 0.2) is 0 Å². The molecule has 0 fully saturated rings. The van der Waals surface area contributed by atoms with Gasteiger partial charge in [-0.3, -0.25) is 0 Å². The molecule has 0 heterocycles. The summed E-state index contributed by atoms with van der Waals surface area (Å²) in [6.07, 6.45) is 0. The first-order valence-corrected chi connectivity index (χ1v) is 3.67. The Labute approximate surface area is 131 Å². The van der Waals surface area contributed by atoms with Crippen molar-refractivity contribution in [3.63, 3.8) is 0 Å². The van der Waals surface area contributed by atoms with E-state index in [1.165, 1.54) is 0 Å². The van der Waals surface area contributed by atoms with E-state index < -0.39 is 18.3 Å². The van der Waals surface area contributed by atoms with Gasteiger partial charge in [0.1, 0.15) is 0 Å². The minimum atomic E-state index is -3.63. The predicted octanol–water partition coefficient (Wildman–Crippen LogP) is -12.1. The van der Waals surface area contributed by atoms with E-state index in [9.17, 15) is 0 Å². The monoisotopic (exact) mass is 304 g/mol. The van der Waals surface area contributed by atoms with Crippen molar-refractivity contribution in [3.05, 3.63) is 0 Å². The predicted molar refractivity (Wildman–Crippen MR) is 18.6 cm³/mol. The van der Waals surface area contributed by atoms with Crippen molar-refractivity contribution in [1.82, 2.24) is 0 Å². The van der Waals surface area contributed by atoms with Gasteiger partial charge in [-0.1, -0.05) is 0 Å². The Hall–Kier alpha value is 2.00. The van der Waals surface area contributed by atoms with Gasteiger partial charge in [-0.25, -0.2) is 0 Å². The average molecular weight is 303 g/mol. The molecule has 0 aliphatic rings. The molecule has 0 bridgehead atoms. The van der Waals surface area contributed by atoms with Crippen LogP contribution >= 0.6 is 0 Å². The van der Waals surface area contributed by atoms with E-state index in [0.29, 0.717) is 0 Å². The molecule has 11 heavy (non-hydrogen) atoms. The maximum absolute atomic E-state index is 8.52. The van der Waals surface area contributed by atoms with E-state index in [1.807, 2.05) is 0 Å². The van der Waals surface area contributed by atoms with Gasteiger partial charge in [0, 0.05) is 18.3 Å². The Morgan fingerprint density at radius 1 is 0.727 bits per heavy atom. The summed E-state index contributed by atoms with van der Waals surface area (Å²) in [7, 11) is -7.26. The largest absolute Gasteiger partial charge is 2.00 e. The summed E-state index contributed by atoms with van der Waals surface area (Å²) in [5, 5.41) is 0. The maximum Gasteiger partial charge on any atom is 2.00 e. The van der Waals surface area contributed by atoms with Crippen molar-refractivity contribution >= 4 is 67.2 Å². The fraction of sp³-hybridized carbons (Fsp3) is 0. The quantitative estimate of drug-likeness (QED) is 0.409. The van der Waals surface area contributed by atoms with Crippen LogP contribution in [0.5, 0.6) is 0 Å². The van der Waals surface area contributed by atoms with Crippen LogP contribution in [0.2, 0.25) is 0 Å². The van der Waals surface area contributed by atoms with E-state index in [4.69, 9.17) is 28.1 Å². The summed E-state index contributed by atoms with van der Waals surface area (Å²) in [5.41, 5.74) is 0. The van der Waals surface area contributed by atoms with Crippen LogP contribution in [0.1, 0.15) is 0 Å². The molecule has 0 amide bonds. The van der Waals surface area contributed by atoms with Crippen LogP contribution < -0.4 is 56.9 Å². The van der Waals surface area contributed by atoms with Crippen LogP contribution in [0.25, 0.3) is 0 Å². The average Bonchev–Trinajstić information content (AvgIpc) is 1.25. The fourth-order valence-electron chi connectivity index (χ4n) is 0. The fourth-order valence-corrected chi connectivity index (χ4v) is 0. The van der Waals surface area contributed by atoms with Gasteiger partial charge in [-0.15, -0.1) is 0 Å². The topological polar surface area (TPSA) is 126 Å². The SMILES string of the molecule is O=[Si]([O-])[O-].O=[Si]([O-])[O-].[Ba+2].[Li+].[Li+]. The van der Waals surface area contributed by atoms with Crippen LogP contribution in [-0.2, 0) is 8.92 Å². The second-order valence-corrected chi connectivity index (χ2v) is 1.50. The van der Waals surface area contributed by atoms with Crippen LogP contribution in [0.3, 0.4) is 0 Å². The molecule has 0 saturated heterocycles. The second kappa shape index (κ2) is 22.7. The van der Waals surface area contributed by atoms with E-state index >= 15 is 0 Å². The molecule has 0 aromatic heterocycles. The van der Waals surface area contributed by atoms with E-state index in [1.54, 1.807) is 0 Å². The molecule has 0 N–H and O–H groups in total. The third-order valence-electron chi connectivity index (χ3n) is 0. The van der Waals surface area contributed by atoms with Crippen molar-refractivity contribution in [3.8, 4) is 0 Å². The first kappa shape index (κ1) is 29.2. The molecule has 0 saturated carbocycles. The summed E-state index contributed by atoms with van der Waals surface area (Å²) in [5.74, 6) is 0. The van der Waals surface area contributed by atoms with E-state index in [2.05, 4.69) is 0 Å². The Kier molecular flexibility index (Phi) is 60.3. The third kappa shape index (κ3) is 300. The molecule has 0 aliphatic heterocycles. The second-order valence-electron chi connectivity index (χ2n) is 0.500. The number of hydrogen-bond donors (Lipinski definition) is 0. The molecule has 0 atom stereocenters. The van der Waals surface area contributed by atoms with Gasteiger partial charge in [-0.2, -0.15) is 0 Å². The Morgan fingerprint density at radius 3 is 0.727 bits per heavy atom. The van der Waals surface area contributed by atoms with Gasteiger partial charge >= 0.3 is 86.6 Å². The first-order valence-electron chi connectivity index (χ1n) is 1.22. The molecule has 11 heteroatoms. The minimum absolute atomic E-state index is 0. The third-order valence-corrected chi connectivity index (χ3v) is 0. The normalized spacial score (nSPS) is 4.36. The van der Waals surface area contributed by atoms with Gasteiger partial charge in [0.25, 0.3) is 0 Å². The standard InChI is InChI=1S/Ba.2Li.2O3Si/c;;;2*1-4(2)3/q+2;2*+1;2*-2.